The van der Waals surface area contributed by atoms with Crippen LogP contribution in [0.3, 0.4) is 0 Å². The summed E-state index contributed by atoms with van der Waals surface area (Å²) in [4.78, 5) is 16.1. The number of anilines is 1. The Labute approximate surface area is 129 Å². The van der Waals surface area contributed by atoms with Crippen LogP contribution in [0.4, 0.5) is 5.13 Å². The Morgan fingerprint density at radius 3 is 2.57 bits per heavy atom. The zero-order valence-corrected chi connectivity index (χ0v) is 13.3. The standard InChI is InChI=1S/C15H20N4OS/c1-15(2,3)13(20)16-9-10-17-14-18-12(19-21-14)11-7-5-4-6-8-11/h4-8H,9-10H2,1-3H3,(H,16,20)(H,17,18,19). The summed E-state index contributed by atoms with van der Waals surface area (Å²) < 4.78 is 4.32. The van der Waals surface area contributed by atoms with Gasteiger partial charge in [-0.2, -0.15) is 9.36 Å². The maximum Gasteiger partial charge on any atom is 0.225 e. The molecule has 1 amide bonds. The van der Waals surface area contributed by atoms with Gasteiger partial charge in [0.15, 0.2) is 5.82 Å². The van der Waals surface area contributed by atoms with Crippen LogP contribution < -0.4 is 10.6 Å². The summed E-state index contributed by atoms with van der Waals surface area (Å²) in [5.41, 5.74) is 0.645. The second kappa shape index (κ2) is 6.67. The number of carbonyl (C=O) groups is 1. The molecule has 2 N–H and O–H groups in total. The summed E-state index contributed by atoms with van der Waals surface area (Å²) >= 11 is 1.32. The fourth-order valence-electron chi connectivity index (χ4n) is 1.61. The number of hydrogen-bond acceptors (Lipinski definition) is 5. The highest BCUT2D eigenvalue weighted by molar-refractivity contribution is 7.09. The maximum absolute atomic E-state index is 11.7. The van der Waals surface area contributed by atoms with Gasteiger partial charge in [-0.15, -0.1) is 0 Å². The number of nitrogens with zero attached hydrogens (tertiary/aromatic N) is 2. The molecule has 2 rings (SSSR count). The maximum atomic E-state index is 11.7. The molecule has 0 spiro atoms. The number of benzene rings is 1. The molecule has 0 saturated carbocycles. The van der Waals surface area contributed by atoms with Crippen molar-refractivity contribution in [3.8, 4) is 11.4 Å². The zero-order chi connectivity index (χ0) is 15.3. The van der Waals surface area contributed by atoms with Gasteiger partial charge in [0.1, 0.15) is 0 Å². The average Bonchev–Trinajstić information content (AvgIpc) is 2.92. The van der Waals surface area contributed by atoms with E-state index in [9.17, 15) is 4.79 Å². The van der Waals surface area contributed by atoms with Crippen molar-refractivity contribution >= 4 is 22.6 Å². The Kier molecular flexibility index (Phi) is 4.90. The molecule has 0 radical (unpaired) electrons. The normalized spacial score (nSPS) is 11.2. The van der Waals surface area contributed by atoms with Crippen LogP contribution in [0.5, 0.6) is 0 Å². The van der Waals surface area contributed by atoms with E-state index in [4.69, 9.17) is 0 Å². The molecule has 0 unspecified atom stereocenters. The van der Waals surface area contributed by atoms with E-state index in [2.05, 4.69) is 20.0 Å². The first kappa shape index (κ1) is 15.4. The van der Waals surface area contributed by atoms with E-state index >= 15 is 0 Å². The van der Waals surface area contributed by atoms with Crippen LogP contribution in [0.1, 0.15) is 20.8 Å². The molecule has 2 aromatic rings. The van der Waals surface area contributed by atoms with Crippen LogP contribution in [0, 0.1) is 5.41 Å². The van der Waals surface area contributed by atoms with Crippen molar-refractivity contribution in [1.82, 2.24) is 14.7 Å². The van der Waals surface area contributed by atoms with Gasteiger partial charge in [-0.25, -0.2) is 0 Å². The number of rotatable bonds is 5. The first-order valence-electron chi connectivity index (χ1n) is 6.88. The lowest BCUT2D eigenvalue weighted by Gasteiger charge is -2.17. The minimum atomic E-state index is -0.358. The molecule has 1 heterocycles. The predicted molar refractivity (Wildman–Crippen MR) is 86.3 cm³/mol. The van der Waals surface area contributed by atoms with Crippen LogP contribution in [0.15, 0.2) is 30.3 Å². The highest BCUT2D eigenvalue weighted by atomic mass is 32.1. The number of carbonyl (C=O) groups excluding carboxylic acids is 1. The fourth-order valence-corrected chi connectivity index (χ4v) is 2.22. The van der Waals surface area contributed by atoms with Gasteiger partial charge in [-0.3, -0.25) is 4.79 Å². The molecule has 0 fully saturated rings. The second-order valence-electron chi connectivity index (χ2n) is 5.72. The van der Waals surface area contributed by atoms with Crippen LogP contribution in [0.2, 0.25) is 0 Å². The third-order valence-electron chi connectivity index (χ3n) is 2.83. The van der Waals surface area contributed by atoms with E-state index < -0.39 is 0 Å². The van der Waals surface area contributed by atoms with Gasteiger partial charge in [0.25, 0.3) is 0 Å². The van der Waals surface area contributed by atoms with E-state index in [1.165, 1.54) is 11.5 Å². The summed E-state index contributed by atoms with van der Waals surface area (Å²) in [6, 6.07) is 9.86. The molecule has 0 saturated heterocycles. The molecular formula is C15H20N4OS. The quantitative estimate of drug-likeness (QED) is 0.834. The van der Waals surface area contributed by atoms with E-state index in [0.717, 1.165) is 16.5 Å². The number of aromatic nitrogens is 2. The van der Waals surface area contributed by atoms with Crippen molar-refractivity contribution in [3.05, 3.63) is 30.3 Å². The molecule has 0 aliphatic rings. The predicted octanol–water partition coefficient (Wildman–Crippen LogP) is 2.78. The molecule has 0 bridgehead atoms. The van der Waals surface area contributed by atoms with Crippen molar-refractivity contribution in [2.75, 3.05) is 18.4 Å². The summed E-state index contributed by atoms with van der Waals surface area (Å²) in [5.74, 6) is 0.772. The molecular weight excluding hydrogens is 284 g/mol. The number of nitrogens with one attached hydrogen (secondary N) is 2. The summed E-state index contributed by atoms with van der Waals surface area (Å²) in [6.45, 7) is 6.88. The largest absolute Gasteiger partial charge is 0.359 e. The van der Waals surface area contributed by atoms with E-state index in [0.29, 0.717) is 13.1 Å². The lowest BCUT2D eigenvalue weighted by Crippen LogP contribution is -2.37. The van der Waals surface area contributed by atoms with Crippen molar-refractivity contribution < 1.29 is 4.79 Å². The number of hydrogen-bond donors (Lipinski definition) is 2. The molecule has 112 valence electrons. The molecule has 0 aliphatic carbocycles. The summed E-state index contributed by atoms with van der Waals surface area (Å²) in [7, 11) is 0. The summed E-state index contributed by atoms with van der Waals surface area (Å²) in [6.07, 6.45) is 0. The molecule has 0 aliphatic heterocycles. The van der Waals surface area contributed by atoms with E-state index in [1.807, 2.05) is 51.1 Å². The first-order chi connectivity index (χ1) is 9.97. The second-order valence-corrected chi connectivity index (χ2v) is 6.47. The van der Waals surface area contributed by atoms with Crippen molar-refractivity contribution in [2.45, 2.75) is 20.8 Å². The van der Waals surface area contributed by atoms with Crippen LogP contribution in [-0.4, -0.2) is 28.4 Å². The Hall–Kier alpha value is -1.95. The number of amides is 1. The monoisotopic (exact) mass is 304 g/mol. The van der Waals surface area contributed by atoms with Crippen LogP contribution >= 0.6 is 11.5 Å². The molecule has 21 heavy (non-hydrogen) atoms. The van der Waals surface area contributed by atoms with E-state index in [-0.39, 0.29) is 11.3 Å². The molecule has 0 atom stereocenters. The zero-order valence-electron chi connectivity index (χ0n) is 12.5. The van der Waals surface area contributed by atoms with Crippen molar-refractivity contribution in [3.63, 3.8) is 0 Å². The topological polar surface area (TPSA) is 66.9 Å². The minimum absolute atomic E-state index is 0.0477. The van der Waals surface area contributed by atoms with Gasteiger partial charge in [0.05, 0.1) is 0 Å². The van der Waals surface area contributed by atoms with Crippen LogP contribution in [0.25, 0.3) is 11.4 Å². The molecule has 1 aromatic heterocycles. The highest BCUT2D eigenvalue weighted by Gasteiger charge is 2.20. The Bertz CT molecular complexity index is 589. The smallest absolute Gasteiger partial charge is 0.225 e. The highest BCUT2D eigenvalue weighted by Crippen LogP contribution is 2.20. The van der Waals surface area contributed by atoms with Gasteiger partial charge in [-0.1, -0.05) is 51.1 Å². The lowest BCUT2D eigenvalue weighted by atomic mass is 9.96. The van der Waals surface area contributed by atoms with Gasteiger partial charge < -0.3 is 10.6 Å². The molecule has 1 aromatic carbocycles. The van der Waals surface area contributed by atoms with Crippen molar-refractivity contribution in [1.29, 1.82) is 0 Å². The first-order valence-corrected chi connectivity index (χ1v) is 7.65. The average molecular weight is 304 g/mol. The van der Waals surface area contributed by atoms with Gasteiger partial charge in [0, 0.05) is 35.6 Å². The van der Waals surface area contributed by atoms with Gasteiger partial charge in [-0.05, 0) is 0 Å². The SMILES string of the molecule is CC(C)(C)C(=O)NCCNc1nc(-c2ccccc2)ns1. The fraction of sp³-hybridized carbons (Fsp3) is 0.400. The minimum Gasteiger partial charge on any atom is -0.359 e. The van der Waals surface area contributed by atoms with E-state index in [1.54, 1.807) is 0 Å². The molecule has 5 nitrogen and oxygen atoms in total. The van der Waals surface area contributed by atoms with Gasteiger partial charge >= 0.3 is 0 Å². The molecule has 6 heteroatoms. The lowest BCUT2D eigenvalue weighted by molar-refractivity contribution is -0.128. The third-order valence-corrected chi connectivity index (χ3v) is 3.50. The Balaban J connectivity index is 1.80. The van der Waals surface area contributed by atoms with Gasteiger partial charge in [0.2, 0.25) is 11.0 Å². The van der Waals surface area contributed by atoms with Crippen LogP contribution in [-0.2, 0) is 4.79 Å². The summed E-state index contributed by atoms with van der Waals surface area (Å²) in [5, 5.41) is 6.82. The Morgan fingerprint density at radius 1 is 1.19 bits per heavy atom. The third kappa shape index (κ3) is 4.53. The Morgan fingerprint density at radius 2 is 1.90 bits per heavy atom. The van der Waals surface area contributed by atoms with Crippen molar-refractivity contribution in [2.24, 2.45) is 5.41 Å².